The minimum absolute atomic E-state index is 0.00474. The lowest BCUT2D eigenvalue weighted by molar-refractivity contribution is 0.562. The number of hydrogen-bond donors (Lipinski definition) is 3. The molecule has 0 bridgehead atoms. The Balaban J connectivity index is 2.24. The normalized spacial score (nSPS) is 22.3. The molecule has 0 radical (unpaired) electrons. The molecule has 0 saturated carbocycles. The van der Waals surface area contributed by atoms with Crippen LogP contribution in [0.4, 0.5) is 5.69 Å². The molecule has 0 aliphatic carbocycles. The molecule has 1 aromatic rings. The molecule has 1 aliphatic heterocycles. The van der Waals surface area contributed by atoms with Crippen LogP contribution in [0.3, 0.4) is 0 Å². The van der Waals surface area contributed by atoms with Crippen molar-refractivity contribution in [3.63, 3.8) is 0 Å². The zero-order chi connectivity index (χ0) is 14.1. The van der Waals surface area contributed by atoms with E-state index >= 15 is 0 Å². The largest absolute Gasteiger partial charge is 0.323 e. The van der Waals surface area contributed by atoms with Crippen LogP contribution in [0.2, 0.25) is 0 Å². The van der Waals surface area contributed by atoms with Crippen LogP contribution in [0, 0.1) is 0 Å². The van der Waals surface area contributed by atoms with Crippen molar-refractivity contribution in [3.05, 3.63) is 18.5 Å². The summed E-state index contributed by atoms with van der Waals surface area (Å²) in [6.07, 6.45) is 2.82. The highest BCUT2D eigenvalue weighted by atomic mass is 32.2. The number of nitrogens with one attached hydrogen (secondary N) is 2. The standard InChI is InChI=1S/C9H14N4O4S2/c10-12-8-1-3-11-5-9(8)19(16,17)13-7-2-4-18(14,15)6-7/h1,3,5,7,13H,2,4,6,10H2,(H,11,12). The number of nitrogen functional groups attached to an aromatic ring is 1. The van der Waals surface area contributed by atoms with Crippen LogP contribution >= 0.6 is 0 Å². The van der Waals surface area contributed by atoms with E-state index < -0.39 is 25.9 Å². The zero-order valence-corrected chi connectivity index (χ0v) is 11.5. The van der Waals surface area contributed by atoms with Gasteiger partial charge >= 0.3 is 0 Å². The van der Waals surface area contributed by atoms with Gasteiger partial charge in [0, 0.05) is 18.4 Å². The van der Waals surface area contributed by atoms with Gasteiger partial charge in [-0.25, -0.2) is 21.6 Å². The van der Waals surface area contributed by atoms with Gasteiger partial charge in [-0.15, -0.1) is 0 Å². The van der Waals surface area contributed by atoms with Crippen molar-refractivity contribution < 1.29 is 16.8 Å². The SMILES string of the molecule is NNc1ccncc1S(=O)(=O)NC1CCS(=O)(=O)C1. The maximum atomic E-state index is 12.1. The van der Waals surface area contributed by atoms with Crippen molar-refractivity contribution >= 4 is 25.5 Å². The average molecular weight is 306 g/mol. The highest BCUT2D eigenvalue weighted by Gasteiger charge is 2.32. The third kappa shape index (κ3) is 3.21. The van der Waals surface area contributed by atoms with E-state index in [1.54, 1.807) is 0 Å². The highest BCUT2D eigenvalue weighted by Crippen LogP contribution is 2.20. The first-order valence-corrected chi connectivity index (χ1v) is 8.78. The first-order chi connectivity index (χ1) is 8.84. The monoisotopic (exact) mass is 306 g/mol. The molecule has 1 unspecified atom stereocenters. The Hall–Kier alpha value is -1.23. The Morgan fingerprint density at radius 2 is 2.16 bits per heavy atom. The second-order valence-electron chi connectivity index (χ2n) is 4.24. The second-order valence-corrected chi connectivity index (χ2v) is 8.15. The van der Waals surface area contributed by atoms with E-state index in [2.05, 4.69) is 15.1 Å². The van der Waals surface area contributed by atoms with Gasteiger partial charge in [-0.2, -0.15) is 0 Å². The zero-order valence-electron chi connectivity index (χ0n) is 9.90. The molecule has 19 heavy (non-hydrogen) atoms. The van der Waals surface area contributed by atoms with E-state index in [-0.39, 0.29) is 28.5 Å². The number of pyridine rings is 1. The fourth-order valence-corrected chi connectivity index (χ4v) is 5.05. The van der Waals surface area contributed by atoms with Gasteiger partial charge in [0.15, 0.2) is 9.84 Å². The summed E-state index contributed by atoms with van der Waals surface area (Å²) in [5.41, 5.74) is 2.46. The molecule has 0 spiro atoms. The molecule has 4 N–H and O–H groups in total. The molecule has 1 aromatic heterocycles. The Morgan fingerprint density at radius 1 is 1.42 bits per heavy atom. The lowest BCUT2D eigenvalue weighted by Crippen LogP contribution is -2.36. The maximum Gasteiger partial charge on any atom is 0.244 e. The van der Waals surface area contributed by atoms with Gasteiger partial charge in [0.1, 0.15) is 4.90 Å². The average Bonchev–Trinajstić information content (AvgIpc) is 2.67. The maximum absolute atomic E-state index is 12.1. The first kappa shape index (κ1) is 14.2. The summed E-state index contributed by atoms with van der Waals surface area (Å²) >= 11 is 0. The van der Waals surface area contributed by atoms with Crippen molar-refractivity contribution in [3.8, 4) is 0 Å². The van der Waals surface area contributed by atoms with E-state index in [0.29, 0.717) is 0 Å². The van der Waals surface area contributed by atoms with Crippen LogP contribution in [0.1, 0.15) is 6.42 Å². The topological polar surface area (TPSA) is 131 Å². The molecule has 1 saturated heterocycles. The van der Waals surface area contributed by atoms with Crippen LogP contribution in [0.15, 0.2) is 23.4 Å². The van der Waals surface area contributed by atoms with Crippen LogP contribution < -0.4 is 16.0 Å². The number of hydrazine groups is 1. The third-order valence-corrected chi connectivity index (χ3v) is 6.10. The van der Waals surface area contributed by atoms with E-state index in [0.717, 1.165) is 6.20 Å². The Labute approximate surface area is 111 Å². The lowest BCUT2D eigenvalue weighted by Gasteiger charge is -2.13. The summed E-state index contributed by atoms with van der Waals surface area (Å²) < 4.78 is 49.2. The second kappa shape index (κ2) is 5.04. The molecular weight excluding hydrogens is 292 g/mol. The molecule has 10 heteroatoms. The molecule has 2 rings (SSSR count). The van der Waals surface area contributed by atoms with Crippen LogP contribution in [-0.2, 0) is 19.9 Å². The third-order valence-electron chi connectivity index (χ3n) is 2.78. The highest BCUT2D eigenvalue weighted by molar-refractivity contribution is 7.92. The molecule has 8 nitrogen and oxygen atoms in total. The number of sulfone groups is 1. The van der Waals surface area contributed by atoms with Crippen LogP contribution in [0.25, 0.3) is 0 Å². The van der Waals surface area contributed by atoms with Gasteiger partial charge < -0.3 is 5.43 Å². The lowest BCUT2D eigenvalue weighted by atomic mass is 10.3. The summed E-state index contributed by atoms with van der Waals surface area (Å²) in [6, 6.07) is 0.806. The minimum atomic E-state index is -3.86. The predicted octanol–water partition coefficient (Wildman–Crippen LogP) is -1.17. The fourth-order valence-electron chi connectivity index (χ4n) is 1.88. The van der Waals surface area contributed by atoms with Crippen molar-refractivity contribution in [2.24, 2.45) is 5.84 Å². The van der Waals surface area contributed by atoms with Crippen molar-refractivity contribution in [1.29, 1.82) is 0 Å². The molecule has 1 aliphatic rings. The summed E-state index contributed by atoms with van der Waals surface area (Å²) in [7, 11) is -7.00. The van der Waals surface area contributed by atoms with E-state index in [1.807, 2.05) is 0 Å². The number of anilines is 1. The summed E-state index contributed by atoms with van der Waals surface area (Å²) in [6.45, 7) is 0. The number of nitrogens with two attached hydrogens (primary N) is 1. The summed E-state index contributed by atoms with van der Waals surface area (Å²) in [4.78, 5) is 3.62. The quantitative estimate of drug-likeness (QED) is 0.472. The minimum Gasteiger partial charge on any atom is -0.323 e. The van der Waals surface area contributed by atoms with E-state index in [1.165, 1.54) is 12.3 Å². The van der Waals surface area contributed by atoms with Gasteiger partial charge in [-0.05, 0) is 12.5 Å². The van der Waals surface area contributed by atoms with E-state index in [9.17, 15) is 16.8 Å². The number of aromatic nitrogens is 1. The fraction of sp³-hybridized carbons (Fsp3) is 0.444. The van der Waals surface area contributed by atoms with Gasteiger partial charge in [-0.1, -0.05) is 0 Å². The molecule has 0 amide bonds. The first-order valence-electron chi connectivity index (χ1n) is 5.47. The summed E-state index contributed by atoms with van der Waals surface area (Å²) in [5, 5.41) is 0. The van der Waals surface area contributed by atoms with Crippen molar-refractivity contribution in [2.75, 3.05) is 16.9 Å². The number of rotatable bonds is 4. The molecule has 1 fully saturated rings. The molecular formula is C9H14N4O4S2. The Kier molecular flexibility index (Phi) is 3.76. The van der Waals surface area contributed by atoms with Crippen molar-refractivity contribution in [2.45, 2.75) is 17.4 Å². The van der Waals surface area contributed by atoms with Gasteiger partial charge in [0.2, 0.25) is 10.0 Å². The molecule has 106 valence electrons. The number of sulfonamides is 1. The predicted molar refractivity (Wildman–Crippen MR) is 69.4 cm³/mol. The van der Waals surface area contributed by atoms with Gasteiger partial charge in [0.05, 0.1) is 17.2 Å². The van der Waals surface area contributed by atoms with E-state index in [4.69, 9.17) is 5.84 Å². The number of hydrogen-bond acceptors (Lipinski definition) is 7. The van der Waals surface area contributed by atoms with Crippen LogP contribution in [0.5, 0.6) is 0 Å². The van der Waals surface area contributed by atoms with Gasteiger partial charge in [0.25, 0.3) is 0 Å². The van der Waals surface area contributed by atoms with Gasteiger partial charge in [-0.3, -0.25) is 10.8 Å². The van der Waals surface area contributed by atoms with Crippen LogP contribution in [-0.4, -0.2) is 39.4 Å². The Morgan fingerprint density at radius 3 is 2.74 bits per heavy atom. The number of nitrogens with zero attached hydrogens (tertiary/aromatic N) is 1. The molecule has 0 aromatic carbocycles. The Bertz CT molecular complexity index is 671. The smallest absolute Gasteiger partial charge is 0.244 e. The summed E-state index contributed by atoms with van der Waals surface area (Å²) in [5.74, 6) is 5.05. The molecule has 1 atom stereocenters. The molecule has 2 heterocycles. The van der Waals surface area contributed by atoms with Crippen molar-refractivity contribution in [1.82, 2.24) is 9.71 Å².